The van der Waals surface area contributed by atoms with Crippen molar-refractivity contribution in [2.24, 2.45) is 0 Å². The molecule has 2 aromatic rings. The molecule has 0 saturated heterocycles. The maximum atomic E-state index is 11.8. The minimum atomic E-state index is -0.110. The lowest BCUT2D eigenvalue weighted by atomic mass is 10.1. The average Bonchev–Trinajstić information content (AvgIpc) is 2.74. The van der Waals surface area contributed by atoms with E-state index in [1.807, 2.05) is 23.8 Å². The highest BCUT2D eigenvalue weighted by Gasteiger charge is 2.07. The first-order valence-electron chi connectivity index (χ1n) is 4.86. The molecule has 1 aromatic heterocycles. The Bertz CT molecular complexity index is 506. The predicted molar refractivity (Wildman–Crippen MR) is 67.9 cm³/mol. The molecule has 16 heavy (non-hydrogen) atoms. The first-order chi connectivity index (χ1) is 7.66. The van der Waals surface area contributed by atoms with Crippen LogP contribution >= 0.6 is 11.3 Å². The molecular weight excluding hydrogens is 220 g/mol. The van der Waals surface area contributed by atoms with Gasteiger partial charge in [0.1, 0.15) is 0 Å². The fourth-order valence-electron chi connectivity index (χ4n) is 1.36. The van der Waals surface area contributed by atoms with Gasteiger partial charge in [0, 0.05) is 16.6 Å². The van der Waals surface area contributed by atoms with Crippen molar-refractivity contribution in [2.75, 3.05) is 11.1 Å². The van der Waals surface area contributed by atoms with Gasteiger partial charge in [-0.15, -0.1) is 0 Å². The van der Waals surface area contributed by atoms with Crippen LogP contribution in [0, 0.1) is 6.92 Å². The van der Waals surface area contributed by atoms with Gasteiger partial charge in [-0.1, -0.05) is 0 Å². The van der Waals surface area contributed by atoms with Gasteiger partial charge in [-0.05, 0) is 42.1 Å². The smallest absolute Gasteiger partial charge is 0.255 e. The number of carbonyl (C=O) groups is 1. The molecule has 0 unspecified atom stereocenters. The Hall–Kier alpha value is -1.81. The van der Waals surface area contributed by atoms with Crippen LogP contribution in [0.25, 0.3) is 0 Å². The van der Waals surface area contributed by atoms with E-state index in [9.17, 15) is 4.79 Å². The molecule has 3 N–H and O–H groups in total. The number of hydrogen-bond donors (Lipinski definition) is 2. The highest BCUT2D eigenvalue weighted by molar-refractivity contribution is 7.08. The molecule has 3 nitrogen and oxygen atoms in total. The number of nitrogens with one attached hydrogen (secondary N) is 1. The Morgan fingerprint density at radius 2 is 2.19 bits per heavy atom. The number of nitrogen functional groups attached to an aromatic ring is 1. The van der Waals surface area contributed by atoms with Gasteiger partial charge in [-0.3, -0.25) is 4.79 Å². The first-order valence-corrected chi connectivity index (χ1v) is 5.81. The van der Waals surface area contributed by atoms with Crippen LogP contribution in [0.2, 0.25) is 0 Å². The van der Waals surface area contributed by atoms with Crippen molar-refractivity contribution < 1.29 is 4.79 Å². The molecule has 0 bridgehead atoms. The maximum Gasteiger partial charge on any atom is 0.255 e. The van der Waals surface area contributed by atoms with Crippen LogP contribution in [0.5, 0.6) is 0 Å². The summed E-state index contributed by atoms with van der Waals surface area (Å²) in [5.41, 5.74) is 8.76. The molecule has 0 spiro atoms. The van der Waals surface area contributed by atoms with Crippen LogP contribution in [0.3, 0.4) is 0 Å². The van der Waals surface area contributed by atoms with Gasteiger partial charge in [0.2, 0.25) is 0 Å². The largest absolute Gasteiger partial charge is 0.399 e. The fraction of sp³-hybridized carbons (Fsp3) is 0.0833. The van der Waals surface area contributed by atoms with E-state index in [4.69, 9.17) is 5.73 Å². The number of thiophene rings is 1. The third-order valence-corrected chi connectivity index (χ3v) is 2.99. The maximum absolute atomic E-state index is 11.8. The molecule has 4 heteroatoms. The number of nitrogens with two attached hydrogens (primary N) is 1. The molecule has 0 radical (unpaired) electrons. The SMILES string of the molecule is Cc1cc(C(=O)Nc2ccsc2)ccc1N. The number of aryl methyl sites for hydroxylation is 1. The van der Waals surface area contributed by atoms with E-state index in [1.165, 1.54) is 0 Å². The molecule has 2 rings (SSSR count). The zero-order valence-electron chi connectivity index (χ0n) is 8.86. The average molecular weight is 232 g/mol. The van der Waals surface area contributed by atoms with E-state index in [0.717, 1.165) is 11.3 Å². The molecule has 0 atom stereocenters. The summed E-state index contributed by atoms with van der Waals surface area (Å²) in [6, 6.07) is 7.13. The minimum absolute atomic E-state index is 0.110. The van der Waals surface area contributed by atoms with Crippen LogP contribution in [0.15, 0.2) is 35.0 Å². The molecule has 1 aromatic carbocycles. The molecule has 0 aliphatic heterocycles. The molecule has 82 valence electrons. The highest BCUT2D eigenvalue weighted by Crippen LogP contribution is 2.16. The lowest BCUT2D eigenvalue weighted by Crippen LogP contribution is -2.11. The van der Waals surface area contributed by atoms with Crippen LogP contribution in [-0.2, 0) is 0 Å². The Morgan fingerprint density at radius 1 is 1.38 bits per heavy atom. The number of benzene rings is 1. The summed E-state index contributed by atoms with van der Waals surface area (Å²) >= 11 is 1.55. The summed E-state index contributed by atoms with van der Waals surface area (Å²) in [6.07, 6.45) is 0. The summed E-state index contributed by atoms with van der Waals surface area (Å²) in [4.78, 5) is 11.8. The zero-order valence-corrected chi connectivity index (χ0v) is 9.67. The van der Waals surface area contributed by atoms with Crippen molar-refractivity contribution in [2.45, 2.75) is 6.92 Å². The topological polar surface area (TPSA) is 55.1 Å². The molecule has 0 aliphatic carbocycles. The fourth-order valence-corrected chi connectivity index (χ4v) is 1.94. The summed E-state index contributed by atoms with van der Waals surface area (Å²) in [6.45, 7) is 1.89. The third kappa shape index (κ3) is 2.23. The molecule has 0 aliphatic rings. The second kappa shape index (κ2) is 4.37. The number of rotatable bonds is 2. The summed E-state index contributed by atoms with van der Waals surface area (Å²) < 4.78 is 0. The van der Waals surface area contributed by atoms with Crippen molar-refractivity contribution in [1.29, 1.82) is 0 Å². The molecular formula is C12H12N2OS. The molecule has 1 amide bonds. The highest BCUT2D eigenvalue weighted by atomic mass is 32.1. The standard InChI is InChI=1S/C12H12N2OS/c1-8-6-9(2-3-11(8)13)12(15)14-10-4-5-16-7-10/h2-7H,13H2,1H3,(H,14,15). The van der Waals surface area contributed by atoms with Gasteiger partial charge in [0.05, 0.1) is 5.69 Å². The van der Waals surface area contributed by atoms with Crippen LogP contribution in [0.1, 0.15) is 15.9 Å². The van der Waals surface area contributed by atoms with E-state index in [0.29, 0.717) is 11.3 Å². The predicted octanol–water partition coefficient (Wildman–Crippen LogP) is 2.89. The van der Waals surface area contributed by atoms with Gasteiger partial charge in [-0.25, -0.2) is 0 Å². The van der Waals surface area contributed by atoms with Gasteiger partial charge in [0.15, 0.2) is 0 Å². The zero-order chi connectivity index (χ0) is 11.5. The lowest BCUT2D eigenvalue weighted by molar-refractivity contribution is 0.102. The summed E-state index contributed by atoms with van der Waals surface area (Å²) in [5, 5.41) is 6.63. The van der Waals surface area contributed by atoms with E-state index < -0.39 is 0 Å². The molecule has 0 saturated carbocycles. The normalized spacial score (nSPS) is 10.1. The van der Waals surface area contributed by atoms with Crippen molar-refractivity contribution >= 4 is 28.6 Å². The van der Waals surface area contributed by atoms with Crippen molar-refractivity contribution in [3.8, 4) is 0 Å². The van der Waals surface area contributed by atoms with Crippen molar-refractivity contribution in [3.63, 3.8) is 0 Å². The van der Waals surface area contributed by atoms with E-state index in [2.05, 4.69) is 5.32 Å². The molecule has 1 heterocycles. The monoisotopic (exact) mass is 232 g/mol. The Balaban J connectivity index is 2.18. The number of amides is 1. The summed E-state index contributed by atoms with van der Waals surface area (Å²) in [7, 11) is 0. The van der Waals surface area contributed by atoms with Gasteiger partial charge >= 0.3 is 0 Å². The van der Waals surface area contributed by atoms with Crippen LogP contribution in [-0.4, -0.2) is 5.91 Å². The van der Waals surface area contributed by atoms with E-state index >= 15 is 0 Å². The van der Waals surface area contributed by atoms with Crippen LogP contribution < -0.4 is 11.1 Å². The quantitative estimate of drug-likeness (QED) is 0.782. The van der Waals surface area contributed by atoms with Crippen molar-refractivity contribution in [1.82, 2.24) is 0 Å². The summed E-state index contributed by atoms with van der Waals surface area (Å²) in [5.74, 6) is -0.110. The van der Waals surface area contributed by atoms with E-state index in [1.54, 1.807) is 29.5 Å². The van der Waals surface area contributed by atoms with Crippen molar-refractivity contribution in [3.05, 3.63) is 46.2 Å². The Morgan fingerprint density at radius 3 is 2.81 bits per heavy atom. The third-order valence-electron chi connectivity index (χ3n) is 2.31. The Labute approximate surface area is 97.9 Å². The van der Waals surface area contributed by atoms with Crippen LogP contribution in [0.4, 0.5) is 11.4 Å². The van der Waals surface area contributed by atoms with Gasteiger partial charge in [-0.2, -0.15) is 11.3 Å². The first kappa shape index (κ1) is 10.7. The number of carbonyl (C=O) groups excluding carboxylic acids is 1. The van der Waals surface area contributed by atoms with Gasteiger partial charge < -0.3 is 11.1 Å². The minimum Gasteiger partial charge on any atom is -0.399 e. The lowest BCUT2D eigenvalue weighted by Gasteiger charge is -2.05. The Kier molecular flexibility index (Phi) is 2.92. The number of hydrogen-bond acceptors (Lipinski definition) is 3. The van der Waals surface area contributed by atoms with Gasteiger partial charge in [0.25, 0.3) is 5.91 Å². The number of anilines is 2. The molecule has 0 fully saturated rings. The van der Waals surface area contributed by atoms with E-state index in [-0.39, 0.29) is 5.91 Å². The second-order valence-electron chi connectivity index (χ2n) is 3.54. The second-order valence-corrected chi connectivity index (χ2v) is 4.32.